The van der Waals surface area contributed by atoms with E-state index in [-0.39, 0.29) is 143 Å². The minimum Gasteiger partial charge on any atom is -1.00 e. The monoisotopic (exact) mass is 451 g/mol. The molecule has 0 spiro atoms. The van der Waals surface area contributed by atoms with Crippen molar-refractivity contribution in [2.24, 2.45) is 0 Å². The molecule has 0 aliphatic carbocycles. The van der Waals surface area contributed by atoms with Crippen molar-refractivity contribution in [3.05, 3.63) is 0 Å². The van der Waals surface area contributed by atoms with E-state index in [2.05, 4.69) is 0 Å². The van der Waals surface area contributed by atoms with Crippen LogP contribution in [0.4, 0.5) is 0 Å². The van der Waals surface area contributed by atoms with E-state index in [1.807, 2.05) is 0 Å². The van der Waals surface area contributed by atoms with Crippen LogP contribution in [0.5, 0.6) is 0 Å². The summed E-state index contributed by atoms with van der Waals surface area (Å²) < 4.78 is 0. The molecule has 0 fully saturated rings. The van der Waals surface area contributed by atoms with Gasteiger partial charge in [-0.1, -0.05) is 0 Å². The van der Waals surface area contributed by atoms with Gasteiger partial charge in [0.25, 0.3) is 0 Å². The zero-order valence-electron chi connectivity index (χ0n) is 3.31. The predicted molar refractivity (Wildman–Crippen MR) is 5.75 cm³/mol. The zero-order valence-corrected chi connectivity index (χ0v) is 13.9. The Hall–Kier alpha value is 3.93. The van der Waals surface area contributed by atoms with Crippen LogP contribution in [0.3, 0.4) is 0 Å². The summed E-state index contributed by atoms with van der Waals surface area (Å²) >= 11 is 0. The van der Waals surface area contributed by atoms with Gasteiger partial charge in [-0.05, 0) is 0 Å². The third-order valence-corrected chi connectivity index (χ3v) is 0. The number of halogens is 6. The second kappa shape index (κ2) is 69.7. The second-order valence-electron chi connectivity index (χ2n) is 0. The Labute approximate surface area is 140 Å². The van der Waals surface area contributed by atoms with Crippen LogP contribution >= 0.6 is 0 Å². The molecule has 0 amide bonds. The largest absolute Gasteiger partial charge is 2.00 e. The topological polar surface area (TPSA) is 0 Å². The van der Waals surface area contributed by atoms with Crippen molar-refractivity contribution in [1.82, 2.24) is 0 Å². The maximum absolute atomic E-state index is 0. The van der Waals surface area contributed by atoms with Crippen molar-refractivity contribution < 1.29 is 93.9 Å². The Kier molecular flexibility index (Phi) is 803. The van der Waals surface area contributed by atoms with Gasteiger partial charge in [-0.3, -0.25) is 0 Å². The van der Waals surface area contributed by atoms with Gasteiger partial charge in [0.2, 0.25) is 0 Å². The van der Waals surface area contributed by atoms with Crippen LogP contribution < -0.4 is 74.4 Å². The molecule has 0 saturated carbocycles. The van der Waals surface area contributed by atoms with Gasteiger partial charge in [-0.25, -0.2) is 0 Å². The van der Waals surface area contributed by atoms with Crippen LogP contribution in [0, 0.1) is 0 Å². The van der Waals surface area contributed by atoms with E-state index in [0.29, 0.717) is 0 Å². The van der Waals surface area contributed by atoms with E-state index in [9.17, 15) is 0 Å². The summed E-state index contributed by atoms with van der Waals surface area (Å²) in [4.78, 5) is 0. The minimum atomic E-state index is 0. The second-order valence-corrected chi connectivity index (χ2v) is 0. The zero-order chi connectivity index (χ0) is 0. The molecule has 0 nitrogen and oxygen atoms in total. The van der Waals surface area contributed by atoms with Gasteiger partial charge >= 0.3 is 68.4 Å². The molecule has 0 atom stereocenters. The number of rotatable bonds is 0. The third kappa shape index (κ3) is 51.2. The summed E-state index contributed by atoms with van der Waals surface area (Å²) in [6.07, 6.45) is 0. The maximum Gasteiger partial charge on any atom is 2.00 e. The molecular formula is BaCl6Rh-2. The quantitative estimate of drug-likeness (QED) is 0.320. The first-order valence-electron chi connectivity index (χ1n) is 0. The van der Waals surface area contributed by atoms with Gasteiger partial charge < -0.3 is 74.4 Å². The van der Waals surface area contributed by atoms with Crippen molar-refractivity contribution in [2.75, 3.05) is 0 Å². The summed E-state index contributed by atoms with van der Waals surface area (Å²) in [7, 11) is 0. The minimum absolute atomic E-state index is 0. The summed E-state index contributed by atoms with van der Waals surface area (Å²) in [6, 6.07) is 0. The number of hydrogen-bond acceptors (Lipinski definition) is 0. The Morgan fingerprint density at radius 1 is 0.375 bits per heavy atom. The first-order valence-corrected chi connectivity index (χ1v) is 0. The van der Waals surface area contributed by atoms with E-state index in [1.165, 1.54) is 0 Å². The van der Waals surface area contributed by atoms with Crippen LogP contribution in [0.15, 0.2) is 0 Å². The van der Waals surface area contributed by atoms with Crippen molar-refractivity contribution in [2.45, 2.75) is 0 Å². The fourth-order valence-electron chi connectivity index (χ4n) is 0. The van der Waals surface area contributed by atoms with Crippen molar-refractivity contribution in [1.29, 1.82) is 0 Å². The summed E-state index contributed by atoms with van der Waals surface area (Å²) in [5.74, 6) is 0. The molecule has 0 unspecified atom stereocenters. The molecule has 0 aromatic carbocycles. The van der Waals surface area contributed by atoms with Crippen LogP contribution in [-0.4, -0.2) is 48.9 Å². The van der Waals surface area contributed by atoms with Gasteiger partial charge in [0.15, 0.2) is 0 Å². The molecule has 1 radical (unpaired) electrons. The molecule has 0 aromatic rings. The molecule has 8 heteroatoms. The van der Waals surface area contributed by atoms with E-state index < -0.39 is 0 Å². The van der Waals surface area contributed by atoms with E-state index in [1.54, 1.807) is 0 Å². The van der Waals surface area contributed by atoms with Crippen molar-refractivity contribution in [3.63, 3.8) is 0 Å². The van der Waals surface area contributed by atoms with E-state index in [4.69, 9.17) is 0 Å². The Morgan fingerprint density at radius 2 is 0.375 bits per heavy atom. The molecule has 0 heterocycles. The van der Waals surface area contributed by atoms with Crippen molar-refractivity contribution >= 4 is 48.9 Å². The molecule has 0 rings (SSSR count). The van der Waals surface area contributed by atoms with Gasteiger partial charge in [0, 0.05) is 0 Å². The molecule has 0 saturated heterocycles. The van der Waals surface area contributed by atoms with Crippen molar-refractivity contribution in [3.8, 4) is 0 Å². The fraction of sp³-hybridized carbons (Fsp3) is 0. The SMILES string of the molecule is [Ba+2].[Cl-].[Cl-].[Cl-].[Cl-].[Cl-].[Cl-].[Rh+2]. The van der Waals surface area contributed by atoms with E-state index >= 15 is 0 Å². The van der Waals surface area contributed by atoms with Crippen LogP contribution in [0.2, 0.25) is 0 Å². The number of hydrogen-bond donors (Lipinski definition) is 0. The summed E-state index contributed by atoms with van der Waals surface area (Å²) in [5, 5.41) is 0. The molecule has 0 aliphatic rings. The first-order chi connectivity index (χ1) is 0. The maximum atomic E-state index is 0. The summed E-state index contributed by atoms with van der Waals surface area (Å²) in [6.45, 7) is 0. The average molecular weight is 453 g/mol. The molecular weight excluding hydrogens is 453 g/mol. The Morgan fingerprint density at radius 3 is 0.375 bits per heavy atom. The molecule has 0 aliphatic heterocycles. The molecule has 8 heavy (non-hydrogen) atoms. The van der Waals surface area contributed by atoms with E-state index in [0.717, 1.165) is 0 Å². The average Bonchev–Trinajstić information content (AvgIpc) is 0. The molecule has 55 valence electrons. The first kappa shape index (κ1) is 92.2. The molecule has 0 aromatic heterocycles. The smallest absolute Gasteiger partial charge is 1.00 e. The molecule has 0 N–H and O–H groups in total. The normalized spacial score (nSPS) is 0. The predicted octanol–water partition coefficient (Wildman–Crippen LogP) is -18.4. The summed E-state index contributed by atoms with van der Waals surface area (Å²) in [5.41, 5.74) is 0. The Bertz CT molecular complexity index is 8.49. The fourth-order valence-corrected chi connectivity index (χ4v) is 0. The van der Waals surface area contributed by atoms with Gasteiger partial charge in [-0.2, -0.15) is 0 Å². The molecule has 0 bridgehead atoms. The van der Waals surface area contributed by atoms with Gasteiger partial charge in [-0.15, -0.1) is 0 Å². The Balaban J connectivity index is 0. The van der Waals surface area contributed by atoms with Crippen LogP contribution in [0.25, 0.3) is 0 Å². The van der Waals surface area contributed by atoms with Gasteiger partial charge in [0.1, 0.15) is 0 Å². The van der Waals surface area contributed by atoms with Gasteiger partial charge in [0.05, 0.1) is 0 Å². The third-order valence-electron chi connectivity index (χ3n) is 0. The standard InChI is InChI=1S/Ba.6ClH.Rh/h;6*1H;/q+2;;;;;;;+2/p-6. The van der Waals surface area contributed by atoms with Crippen LogP contribution in [-0.2, 0) is 19.5 Å². The van der Waals surface area contributed by atoms with Crippen LogP contribution in [0.1, 0.15) is 0 Å².